The van der Waals surface area contributed by atoms with E-state index >= 15 is 0 Å². The molecule has 2 rings (SSSR count). The maximum Gasteiger partial charge on any atom is 0.304 e. The SMILES string of the molecule is NC1=NC=NC2=NC(/N=N/SCCC(=O)O)=NC12. The minimum Gasteiger partial charge on any atom is -0.481 e. The molecule has 0 aliphatic carbocycles. The molecule has 0 saturated heterocycles. The molecular weight excluding hydrogens is 258 g/mol. The largest absolute Gasteiger partial charge is 0.481 e. The van der Waals surface area contributed by atoms with Gasteiger partial charge in [0.1, 0.15) is 12.2 Å². The number of nitrogens with two attached hydrogens (primary N) is 1. The summed E-state index contributed by atoms with van der Waals surface area (Å²) < 4.78 is 3.72. The van der Waals surface area contributed by atoms with Crippen molar-refractivity contribution in [2.45, 2.75) is 12.5 Å². The topological polar surface area (TPSA) is 137 Å². The highest BCUT2D eigenvalue weighted by molar-refractivity contribution is 7.97. The van der Waals surface area contributed by atoms with Crippen molar-refractivity contribution in [2.24, 2.45) is 35.3 Å². The second kappa shape index (κ2) is 5.49. The zero-order valence-corrected chi connectivity index (χ0v) is 9.91. The Morgan fingerprint density at radius 1 is 1.61 bits per heavy atom. The van der Waals surface area contributed by atoms with Gasteiger partial charge in [0.15, 0.2) is 11.9 Å². The second-order valence-corrected chi connectivity index (χ2v) is 4.09. The highest BCUT2D eigenvalue weighted by atomic mass is 32.2. The number of hydrogen-bond donors (Lipinski definition) is 2. The van der Waals surface area contributed by atoms with Crippen LogP contribution in [-0.4, -0.2) is 46.8 Å². The average Bonchev–Trinajstić information content (AvgIpc) is 2.72. The van der Waals surface area contributed by atoms with Crippen molar-refractivity contribution in [2.75, 3.05) is 5.75 Å². The predicted molar refractivity (Wildman–Crippen MR) is 68.3 cm³/mol. The lowest BCUT2D eigenvalue weighted by Gasteiger charge is -2.07. The smallest absolute Gasteiger partial charge is 0.304 e. The number of aliphatic imine (C=N–C) groups is 4. The highest BCUT2D eigenvalue weighted by Crippen LogP contribution is 2.13. The lowest BCUT2D eigenvalue weighted by molar-refractivity contribution is -0.136. The number of carboxylic acid groups (broad SMARTS) is 1. The summed E-state index contributed by atoms with van der Waals surface area (Å²) in [6.07, 6.45) is 1.33. The molecule has 10 heteroatoms. The van der Waals surface area contributed by atoms with Crippen LogP contribution in [0.4, 0.5) is 0 Å². The van der Waals surface area contributed by atoms with Crippen LogP contribution in [0.15, 0.2) is 29.6 Å². The molecule has 0 aromatic heterocycles. The van der Waals surface area contributed by atoms with Crippen molar-refractivity contribution >= 4 is 41.9 Å². The first-order valence-corrected chi connectivity index (χ1v) is 5.88. The van der Waals surface area contributed by atoms with Crippen LogP contribution in [0.2, 0.25) is 0 Å². The Balaban J connectivity index is 1.89. The molecule has 0 radical (unpaired) electrons. The molecule has 3 N–H and O–H groups in total. The van der Waals surface area contributed by atoms with Crippen LogP contribution in [0, 0.1) is 0 Å². The quantitative estimate of drug-likeness (QED) is 0.423. The van der Waals surface area contributed by atoms with E-state index in [0.29, 0.717) is 17.4 Å². The lowest BCUT2D eigenvalue weighted by atomic mass is 10.2. The lowest BCUT2D eigenvalue weighted by Crippen LogP contribution is -2.34. The monoisotopic (exact) mass is 267 g/mol. The number of guanidine groups is 1. The Labute approximate surface area is 106 Å². The van der Waals surface area contributed by atoms with E-state index in [9.17, 15) is 4.79 Å². The van der Waals surface area contributed by atoms with Crippen LogP contribution >= 0.6 is 11.9 Å². The maximum absolute atomic E-state index is 10.3. The summed E-state index contributed by atoms with van der Waals surface area (Å²) in [5.41, 5.74) is 5.62. The number of rotatable bonds is 4. The van der Waals surface area contributed by atoms with Crippen LogP contribution in [0.1, 0.15) is 6.42 Å². The zero-order valence-electron chi connectivity index (χ0n) is 9.09. The fourth-order valence-corrected chi connectivity index (χ4v) is 1.65. The van der Waals surface area contributed by atoms with E-state index in [0.717, 1.165) is 11.9 Å². The van der Waals surface area contributed by atoms with Gasteiger partial charge >= 0.3 is 5.97 Å². The predicted octanol–water partition coefficient (Wildman–Crippen LogP) is 0.0973. The van der Waals surface area contributed by atoms with Crippen molar-refractivity contribution in [3.05, 3.63) is 0 Å². The third-order valence-electron chi connectivity index (χ3n) is 1.98. The van der Waals surface area contributed by atoms with Gasteiger partial charge in [0, 0.05) is 5.75 Å². The van der Waals surface area contributed by atoms with Crippen molar-refractivity contribution < 1.29 is 9.90 Å². The second-order valence-electron chi connectivity index (χ2n) is 3.26. The van der Waals surface area contributed by atoms with Gasteiger partial charge in [-0.2, -0.15) is 4.99 Å². The number of amidine groups is 2. The van der Waals surface area contributed by atoms with Gasteiger partial charge in [0.25, 0.3) is 5.96 Å². The van der Waals surface area contributed by atoms with Crippen LogP contribution < -0.4 is 5.73 Å². The van der Waals surface area contributed by atoms with E-state index in [1.165, 1.54) is 6.34 Å². The van der Waals surface area contributed by atoms with Crippen molar-refractivity contribution in [1.82, 2.24) is 0 Å². The molecule has 2 heterocycles. The molecule has 9 nitrogen and oxygen atoms in total. The van der Waals surface area contributed by atoms with Gasteiger partial charge in [0.05, 0.1) is 6.42 Å². The molecule has 94 valence electrons. The van der Waals surface area contributed by atoms with E-state index in [4.69, 9.17) is 10.8 Å². The van der Waals surface area contributed by atoms with E-state index in [2.05, 4.69) is 29.6 Å². The van der Waals surface area contributed by atoms with Gasteiger partial charge in [-0.1, -0.05) is 0 Å². The van der Waals surface area contributed by atoms with Crippen molar-refractivity contribution in [3.8, 4) is 0 Å². The molecule has 0 aromatic carbocycles. The summed E-state index contributed by atoms with van der Waals surface area (Å²) in [5.74, 6) is 0.378. The Kier molecular flexibility index (Phi) is 3.77. The Hall–Kier alpha value is -2.10. The Morgan fingerprint density at radius 3 is 3.17 bits per heavy atom. The summed E-state index contributed by atoms with van der Waals surface area (Å²) in [6, 6.07) is -0.479. The van der Waals surface area contributed by atoms with E-state index in [-0.39, 0.29) is 12.4 Å². The molecule has 18 heavy (non-hydrogen) atoms. The summed E-state index contributed by atoms with van der Waals surface area (Å²) in [5, 5.41) is 12.2. The molecule has 2 aliphatic heterocycles. The van der Waals surface area contributed by atoms with Gasteiger partial charge in [-0.3, -0.25) is 4.79 Å². The Morgan fingerprint density at radius 2 is 2.44 bits per heavy atom. The van der Waals surface area contributed by atoms with Crippen LogP contribution in [-0.2, 0) is 4.79 Å². The summed E-state index contributed by atoms with van der Waals surface area (Å²) in [4.78, 5) is 26.1. The minimum atomic E-state index is -0.875. The van der Waals surface area contributed by atoms with Gasteiger partial charge in [-0.15, -0.1) is 9.63 Å². The first kappa shape index (κ1) is 12.4. The standard InChI is InChI=1S/C8H9N7O2S/c9-6-5-7(11-3-10-6)13-8(12-5)14-15-18-2-1-4(16)17/h3,5H,1-2H2,(H,16,17)(H2,9,10,11,12,13)/b15-14+. The molecule has 0 bridgehead atoms. The molecule has 1 atom stereocenters. The number of carbonyl (C=O) groups is 1. The molecule has 0 amide bonds. The molecule has 0 aromatic rings. The van der Waals surface area contributed by atoms with Gasteiger partial charge in [-0.25, -0.2) is 15.0 Å². The van der Waals surface area contributed by atoms with Crippen LogP contribution in [0.3, 0.4) is 0 Å². The van der Waals surface area contributed by atoms with Crippen molar-refractivity contribution in [3.63, 3.8) is 0 Å². The number of aliphatic carboxylic acids is 1. The first-order chi connectivity index (χ1) is 8.66. The molecule has 1 unspecified atom stereocenters. The molecule has 0 spiro atoms. The summed E-state index contributed by atoms with van der Waals surface area (Å²) in [7, 11) is 0. The van der Waals surface area contributed by atoms with Crippen molar-refractivity contribution in [1.29, 1.82) is 0 Å². The zero-order chi connectivity index (χ0) is 13.0. The van der Waals surface area contributed by atoms with E-state index in [1.54, 1.807) is 0 Å². The summed E-state index contributed by atoms with van der Waals surface area (Å²) >= 11 is 1.03. The van der Waals surface area contributed by atoms with Gasteiger partial charge in [-0.05, 0) is 11.9 Å². The molecule has 0 fully saturated rings. The third kappa shape index (κ3) is 2.97. The number of nitrogens with zero attached hydrogens (tertiary/aromatic N) is 6. The molecule has 2 aliphatic rings. The van der Waals surface area contributed by atoms with Crippen LogP contribution in [0.25, 0.3) is 0 Å². The van der Waals surface area contributed by atoms with E-state index in [1.807, 2.05) is 0 Å². The minimum absolute atomic E-state index is 0.0250. The van der Waals surface area contributed by atoms with E-state index < -0.39 is 12.0 Å². The maximum atomic E-state index is 10.3. The van der Waals surface area contributed by atoms with Gasteiger partial charge in [0.2, 0.25) is 0 Å². The normalized spacial score (nSPS) is 21.6. The first-order valence-electron chi connectivity index (χ1n) is 4.93. The molecular formula is C8H9N7O2S. The number of carboxylic acids is 1. The fourth-order valence-electron chi connectivity index (χ4n) is 1.18. The van der Waals surface area contributed by atoms with Crippen LogP contribution in [0.5, 0.6) is 0 Å². The Bertz CT molecular complexity index is 508. The number of fused-ring (bicyclic) bond motifs is 1. The highest BCUT2D eigenvalue weighted by Gasteiger charge is 2.27. The summed E-state index contributed by atoms with van der Waals surface area (Å²) in [6.45, 7) is 0. The third-order valence-corrected chi connectivity index (χ3v) is 2.56. The fraction of sp³-hybridized carbons (Fsp3) is 0.375. The number of hydrogen-bond acceptors (Lipinski definition) is 9. The molecule has 0 saturated carbocycles. The van der Waals surface area contributed by atoms with Gasteiger partial charge < -0.3 is 10.8 Å². The average molecular weight is 267 g/mol.